The molecule has 9 heteroatoms. The van der Waals surface area contributed by atoms with Crippen molar-refractivity contribution in [2.75, 3.05) is 7.11 Å². The highest BCUT2D eigenvalue weighted by Crippen LogP contribution is 2.46. The molecule has 6 rings (SSSR count). The molecule has 0 saturated heterocycles. The van der Waals surface area contributed by atoms with E-state index in [1.54, 1.807) is 13.0 Å². The summed E-state index contributed by atoms with van der Waals surface area (Å²) in [6.45, 7) is 14.0. The van der Waals surface area contributed by atoms with Crippen molar-refractivity contribution >= 4 is 40.9 Å². The predicted molar refractivity (Wildman–Crippen MR) is 183 cm³/mol. The Labute approximate surface area is 275 Å². The van der Waals surface area contributed by atoms with Gasteiger partial charge >= 0.3 is 5.97 Å². The summed E-state index contributed by atoms with van der Waals surface area (Å²) >= 11 is 0. The Bertz CT molecular complexity index is 1880. The number of ketones is 1. The van der Waals surface area contributed by atoms with E-state index in [1.807, 2.05) is 26.8 Å². The maximum atomic E-state index is 13.7. The fourth-order valence-corrected chi connectivity index (χ4v) is 7.78. The van der Waals surface area contributed by atoms with Gasteiger partial charge in [0, 0.05) is 52.7 Å². The van der Waals surface area contributed by atoms with E-state index in [-0.39, 0.29) is 42.3 Å². The number of hydrogen-bond donors (Lipinski definition) is 1. The van der Waals surface area contributed by atoms with Gasteiger partial charge < -0.3 is 9.84 Å². The quantitative estimate of drug-likeness (QED) is 0.250. The molecular formula is C38H42N4O5. The first-order valence-corrected chi connectivity index (χ1v) is 16.5. The van der Waals surface area contributed by atoms with Crippen LogP contribution in [0.5, 0.6) is 0 Å². The SMILES string of the molecule is CCC1=C2C(=O)CC3=C4N=C(C(C)=C5N=C(C=C6N=C(C=C1N=C32)C(CC(C)C)=C6C=O)C(C(C)O)=C5C)C(C)C4CCC(=O)OC. The van der Waals surface area contributed by atoms with Crippen LogP contribution in [-0.2, 0) is 19.1 Å². The molecule has 1 fully saturated rings. The minimum atomic E-state index is -0.816. The summed E-state index contributed by atoms with van der Waals surface area (Å²) in [4.78, 5) is 59.1. The molecule has 0 aromatic rings. The zero-order valence-corrected chi connectivity index (χ0v) is 28.4. The fourth-order valence-electron chi connectivity index (χ4n) is 7.78. The average Bonchev–Trinajstić information content (AvgIpc) is 3.79. The van der Waals surface area contributed by atoms with Gasteiger partial charge in [-0.3, -0.25) is 19.4 Å². The lowest BCUT2D eigenvalue weighted by Crippen LogP contribution is -2.19. The Morgan fingerprint density at radius 3 is 2.40 bits per heavy atom. The number of aliphatic hydroxyl groups is 1. The fraction of sp³-hybridized carbons (Fsp3) is 0.447. The summed E-state index contributed by atoms with van der Waals surface area (Å²) in [5, 5.41) is 11.0. The number of aliphatic imine (C=N–C) groups is 4. The molecule has 6 aliphatic rings. The number of ether oxygens (including phenoxy) is 1. The number of aliphatic hydroxyl groups excluding tert-OH is 1. The number of methoxy groups -OCH3 is 1. The Morgan fingerprint density at radius 2 is 1.77 bits per heavy atom. The van der Waals surface area contributed by atoms with Gasteiger partial charge in [0.25, 0.3) is 0 Å². The third-order valence-corrected chi connectivity index (χ3v) is 10.0. The summed E-state index contributed by atoms with van der Waals surface area (Å²) in [6, 6.07) is 0. The number of aldehydes is 1. The second kappa shape index (κ2) is 12.3. The van der Waals surface area contributed by atoms with Crippen molar-refractivity contribution in [2.45, 2.75) is 86.7 Å². The first-order chi connectivity index (χ1) is 22.4. The van der Waals surface area contributed by atoms with E-state index in [9.17, 15) is 19.5 Å². The molecule has 9 nitrogen and oxygen atoms in total. The first kappa shape index (κ1) is 32.6. The molecule has 3 unspecified atom stereocenters. The van der Waals surface area contributed by atoms with Gasteiger partial charge in [-0.05, 0) is 80.4 Å². The minimum Gasteiger partial charge on any atom is -0.469 e. The highest BCUT2D eigenvalue weighted by atomic mass is 16.5. The van der Waals surface area contributed by atoms with Crippen molar-refractivity contribution in [3.05, 3.63) is 79.5 Å². The van der Waals surface area contributed by atoms with Crippen LogP contribution in [0.25, 0.3) is 0 Å². The van der Waals surface area contributed by atoms with Crippen LogP contribution in [0.2, 0.25) is 0 Å². The molecule has 1 saturated carbocycles. The van der Waals surface area contributed by atoms with Gasteiger partial charge in [-0.25, -0.2) is 15.0 Å². The van der Waals surface area contributed by atoms with Crippen LogP contribution in [0.3, 0.4) is 0 Å². The van der Waals surface area contributed by atoms with Gasteiger partial charge in [0.1, 0.15) is 0 Å². The molecule has 47 heavy (non-hydrogen) atoms. The van der Waals surface area contributed by atoms with E-state index < -0.39 is 6.10 Å². The van der Waals surface area contributed by atoms with Crippen molar-refractivity contribution in [1.29, 1.82) is 0 Å². The van der Waals surface area contributed by atoms with E-state index in [1.165, 1.54) is 7.11 Å². The van der Waals surface area contributed by atoms with Crippen LogP contribution in [0.15, 0.2) is 99.5 Å². The summed E-state index contributed by atoms with van der Waals surface area (Å²) in [5.41, 5.74) is 11.3. The highest BCUT2D eigenvalue weighted by molar-refractivity contribution is 6.38. The maximum Gasteiger partial charge on any atom is 0.305 e. The number of esters is 1. The topological polar surface area (TPSA) is 130 Å². The number of fused-ring (bicyclic) bond motifs is 4. The van der Waals surface area contributed by atoms with Gasteiger partial charge in [0.05, 0.1) is 53.1 Å². The zero-order chi connectivity index (χ0) is 33.9. The molecule has 0 amide bonds. The summed E-state index contributed by atoms with van der Waals surface area (Å²) in [7, 11) is 1.39. The number of carbonyl (C=O) groups is 3. The molecule has 0 aromatic heterocycles. The summed E-state index contributed by atoms with van der Waals surface area (Å²) < 4.78 is 4.98. The van der Waals surface area contributed by atoms with E-state index in [4.69, 9.17) is 24.7 Å². The lowest BCUT2D eigenvalue weighted by molar-refractivity contribution is -0.140. The largest absolute Gasteiger partial charge is 0.469 e. The van der Waals surface area contributed by atoms with Gasteiger partial charge in [-0.15, -0.1) is 0 Å². The third kappa shape index (κ3) is 5.34. The minimum absolute atomic E-state index is 0.0107. The molecule has 1 aliphatic carbocycles. The van der Waals surface area contributed by atoms with Crippen molar-refractivity contribution in [2.24, 2.45) is 37.7 Å². The molecule has 5 aliphatic heterocycles. The molecule has 0 aromatic carbocycles. The Hall–Kier alpha value is -4.37. The molecule has 3 atom stereocenters. The first-order valence-electron chi connectivity index (χ1n) is 16.5. The van der Waals surface area contributed by atoms with E-state index >= 15 is 0 Å². The smallest absolute Gasteiger partial charge is 0.305 e. The molecule has 244 valence electrons. The van der Waals surface area contributed by atoms with Crippen LogP contribution >= 0.6 is 0 Å². The van der Waals surface area contributed by atoms with Crippen LogP contribution in [0, 0.1) is 17.8 Å². The summed E-state index contributed by atoms with van der Waals surface area (Å²) in [6.07, 6.45) is 5.90. The number of rotatable bonds is 8. The normalized spacial score (nSPS) is 24.3. The Morgan fingerprint density at radius 1 is 1.04 bits per heavy atom. The molecule has 1 N–H and O–H groups in total. The lowest BCUT2D eigenvalue weighted by Gasteiger charge is -2.19. The summed E-state index contributed by atoms with van der Waals surface area (Å²) in [5.74, 6) is -0.250. The van der Waals surface area contributed by atoms with Gasteiger partial charge in [-0.1, -0.05) is 27.7 Å². The second-order valence-corrected chi connectivity index (χ2v) is 13.5. The van der Waals surface area contributed by atoms with Gasteiger partial charge in [0.15, 0.2) is 12.1 Å². The second-order valence-electron chi connectivity index (χ2n) is 13.5. The van der Waals surface area contributed by atoms with Crippen molar-refractivity contribution in [3.63, 3.8) is 0 Å². The van der Waals surface area contributed by atoms with Crippen LogP contribution in [-0.4, -0.2) is 59.2 Å². The number of allylic oxidation sites excluding steroid dienone is 10. The Balaban J connectivity index is 1.68. The van der Waals surface area contributed by atoms with Gasteiger partial charge in [-0.2, -0.15) is 0 Å². The molecule has 0 spiro atoms. The van der Waals surface area contributed by atoms with Gasteiger partial charge in [0.2, 0.25) is 0 Å². The van der Waals surface area contributed by atoms with E-state index in [0.717, 1.165) is 45.6 Å². The van der Waals surface area contributed by atoms with E-state index in [2.05, 4.69) is 20.8 Å². The number of nitrogens with zero attached hydrogens (tertiary/aromatic N) is 4. The molecule has 8 bridgehead atoms. The standard InChI is InChI=1S/C38H42N4O5/c1-9-22-27-14-28-24(12-17(2)3)26(16-43)29(39-28)15-30-33(21(7)44)19(5)36(41-30)20(6)35-18(4)23(10-11-32(46)47-8)37(42-35)25-13-31(45)34(22)38(25)40-27/h14-18,21,23,44H,9-13H2,1-8H3. The number of hydrogen-bond acceptors (Lipinski definition) is 9. The molecule has 5 heterocycles. The predicted octanol–water partition coefficient (Wildman–Crippen LogP) is 6.24. The lowest BCUT2D eigenvalue weighted by atomic mass is 9.83. The number of carbonyl (C=O) groups excluding carboxylic acids is 3. The average molecular weight is 635 g/mol. The van der Waals surface area contributed by atoms with Crippen molar-refractivity contribution < 1.29 is 24.2 Å². The highest BCUT2D eigenvalue weighted by Gasteiger charge is 2.44. The Kier molecular flexibility index (Phi) is 8.55. The van der Waals surface area contributed by atoms with Crippen LogP contribution in [0.4, 0.5) is 0 Å². The molecular weight excluding hydrogens is 592 g/mol. The van der Waals surface area contributed by atoms with E-state index in [0.29, 0.717) is 70.2 Å². The zero-order valence-electron chi connectivity index (χ0n) is 28.4. The monoisotopic (exact) mass is 634 g/mol. The van der Waals surface area contributed by atoms with Crippen molar-refractivity contribution in [3.8, 4) is 0 Å². The third-order valence-electron chi connectivity index (χ3n) is 10.0. The maximum absolute atomic E-state index is 13.7. The van der Waals surface area contributed by atoms with Crippen LogP contribution in [0.1, 0.15) is 80.6 Å². The molecule has 0 radical (unpaired) electrons. The van der Waals surface area contributed by atoms with Crippen molar-refractivity contribution in [1.82, 2.24) is 0 Å². The van der Waals surface area contributed by atoms with Crippen LogP contribution < -0.4 is 0 Å². The number of Topliss-reactive ketones (excluding diaryl/α,β-unsaturated/α-hetero) is 1.